The second-order valence-electron chi connectivity index (χ2n) is 14.4. The minimum atomic E-state index is 0. The molecule has 2 aliphatic rings. The Morgan fingerprint density at radius 3 is 0.982 bits per heavy atom. The van der Waals surface area contributed by atoms with E-state index in [-0.39, 0.29) is 55.8 Å². The summed E-state index contributed by atoms with van der Waals surface area (Å²) in [6, 6.07) is 61.2. The van der Waals surface area contributed by atoms with Gasteiger partial charge in [0.1, 0.15) is 0 Å². The first kappa shape index (κ1) is 44.7. The zero-order valence-corrected chi connectivity index (χ0v) is 36.2. The van der Waals surface area contributed by atoms with E-state index in [2.05, 4.69) is 198 Å². The number of hydrogen-bond acceptors (Lipinski definition) is 1. The van der Waals surface area contributed by atoms with Crippen molar-refractivity contribution in [3.63, 3.8) is 0 Å². The van der Waals surface area contributed by atoms with Crippen molar-refractivity contribution >= 4 is 33.4 Å². The minimum Gasteiger partial charge on any atom is -0.372 e. The van der Waals surface area contributed by atoms with E-state index in [9.17, 15) is 0 Å². The van der Waals surface area contributed by atoms with Gasteiger partial charge in [0, 0.05) is 11.8 Å². The van der Waals surface area contributed by atoms with Crippen LogP contribution in [0.2, 0.25) is 0 Å². The average Bonchev–Trinajstić information content (AvgIpc) is 3.63. The second kappa shape index (κ2) is 19.9. The van der Waals surface area contributed by atoms with Crippen molar-refractivity contribution in [3.8, 4) is 0 Å². The molecule has 57 heavy (non-hydrogen) atoms. The molecule has 1 nitrogen and oxygen atoms in total. The summed E-state index contributed by atoms with van der Waals surface area (Å²) < 4.78 is 6.72. The maximum Gasteiger partial charge on any atom is 3.00 e. The summed E-state index contributed by atoms with van der Waals surface area (Å²) in [5.41, 5.74) is 21.0. The third-order valence-corrected chi connectivity index (χ3v) is 11.3. The van der Waals surface area contributed by atoms with Crippen LogP contribution in [0.25, 0.3) is 33.4 Å². The van der Waals surface area contributed by atoms with Crippen LogP contribution < -0.4 is 0 Å². The van der Waals surface area contributed by atoms with Crippen molar-refractivity contribution < 1.29 is 26.5 Å². The van der Waals surface area contributed by atoms with Crippen LogP contribution >= 0.6 is 0 Å². The molecule has 285 valence electrons. The van der Waals surface area contributed by atoms with Gasteiger partial charge in [-0.05, 0) is 103 Å². The van der Waals surface area contributed by atoms with Gasteiger partial charge in [0.25, 0.3) is 0 Å². The number of rotatable bonds is 10. The van der Waals surface area contributed by atoms with Crippen molar-refractivity contribution in [3.05, 3.63) is 248 Å². The molecule has 0 bridgehead atoms. The van der Waals surface area contributed by atoms with Gasteiger partial charge in [-0.25, -0.2) is 0 Å². The van der Waals surface area contributed by atoms with E-state index in [1.807, 2.05) is 0 Å². The molecule has 8 rings (SSSR count). The monoisotopic (exact) mass is 779 g/mol. The maximum atomic E-state index is 6.72. The van der Waals surface area contributed by atoms with E-state index in [4.69, 9.17) is 4.74 Å². The van der Waals surface area contributed by atoms with Crippen molar-refractivity contribution in [1.29, 1.82) is 0 Å². The summed E-state index contributed by atoms with van der Waals surface area (Å²) in [6.07, 6.45) is 0. The second-order valence-corrected chi connectivity index (χ2v) is 14.4. The third-order valence-electron chi connectivity index (χ3n) is 11.3. The summed E-state index contributed by atoms with van der Waals surface area (Å²) in [4.78, 5) is 0. The maximum absolute atomic E-state index is 6.72. The Labute approximate surface area is 358 Å². The predicted molar refractivity (Wildman–Crippen MR) is 244 cm³/mol. The van der Waals surface area contributed by atoms with Gasteiger partial charge in [-0.15, -0.1) is 0 Å². The summed E-state index contributed by atoms with van der Waals surface area (Å²) in [5.74, 6) is 0.469. The first-order valence-electron chi connectivity index (χ1n) is 18.9. The molecule has 0 heterocycles. The molecule has 0 amide bonds. The zero-order valence-electron chi connectivity index (χ0n) is 34.6. The molecule has 2 unspecified atom stereocenters. The van der Waals surface area contributed by atoms with Crippen LogP contribution in [0.3, 0.4) is 0 Å². The van der Waals surface area contributed by atoms with Crippen LogP contribution in [-0.2, 0) is 39.7 Å². The number of benzene rings is 6. The van der Waals surface area contributed by atoms with Crippen LogP contribution in [0.1, 0.15) is 72.2 Å². The quantitative estimate of drug-likeness (QED) is 0.0994. The average molecular weight is 780 g/mol. The Balaban J connectivity index is 0.00000180. The van der Waals surface area contributed by atoms with E-state index in [1.165, 1.54) is 89.1 Å². The van der Waals surface area contributed by atoms with Gasteiger partial charge in [0.05, 0.1) is 13.2 Å². The van der Waals surface area contributed by atoms with Crippen molar-refractivity contribution in [1.82, 2.24) is 0 Å². The molecule has 2 atom stereocenters. The number of ether oxygens (including phenoxy) is 1. The van der Waals surface area contributed by atoms with Crippen LogP contribution in [0.15, 0.2) is 181 Å². The first-order chi connectivity index (χ1) is 26.0. The molecular formula is C55H55OTi. The van der Waals surface area contributed by atoms with Crippen molar-refractivity contribution in [2.24, 2.45) is 11.8 Å². The Kier molecular flexibility index (Phi) is 15.6. The van der Waals surface area contributed by atoms with Crippen LogP contribution in [0, 0.1) is 34.1 Å². The standard InChI is InChI=1S/C52H46O.3CH3.Ti/c1-35-47(36(2)50(40-23-11-6-12-24-40)49(35)39-21-9-5-10-22-39)45-31-19-17-29-43(45)33-53-34-44-30-18-20-32-46(44)48-37(3)51(41-25-13-7-14-26-41)52(38(48)4)42-27-15-8-16-28-42;;;;/h5-32,35,37H,33-34H2,1-4H3;3*1H3;/q;3*-1;+3. The first-order valence-corrected chi connectivity index (χ1v) is 18.9. The summed E-state index contributed by atoms with van der Waals surface area (Å²) in [6.45, 7) is 10.4. The van der Waals surface area contributed by atoms with E-state index < -0.39 is 0 Å². The number of hydrogen-bond donors (Lipinski definition) is 0. The predicted octanol–water partition coefficient (Wildman–Crippen LogP) is 14.8. The molecule has 2 heteroatoms. The fourth-order valence-electron chi connectivity index (χ4n) is 8.98. The molecule has 6 aromatic carbocycles. The third kappa shape index (κ3) is 8.63. The Bertz CT molecular complexity index is 2210. The molecule has 6 aromatic rings. The molecule has 0 saturated heterocycles. The van der Waals surface area contributed by atoms with E-state index in [0.717, 1.165) is 0 Å². The SMILES string of the molecule is CC1=C(c2ccccc2COCc2ccccc2C2=C(C)C(c3ccccc3)=C(c3ccccc3)C2C)C(C)C(c2ccccc2)=C1c1ccccc1.[CH3-].[CH3-].[CH3-].[Ti+3]. The summed E-state index contributed by atoms with van der Waals surface area (Å²) >= 11 is 0. The van der Waals surface area contributed by atoms with Gasteiger partial charge in [-0.2, -0.15) is 0 Å². The van der Waals surface area contributed by atoms with Crippen molar-refractivity contribution in [2.45, 2.75) is 40.9 Å². The normalized spacial score (nSPS) is 16.1. The van der Waals surface area contributed by atoms with Gasteiger partial charge >= 0.3 is 21.7 Å². The van der Waals surface area contributed by atoms with E-state index in [1.54, 1.807) is 0 Å². The van der Waals surface area contributed by atoms with Crippen LogP contribution in [-0.4, -0.2) is 0 Å². The van der Waals surface area contributed by atoms with Gasteiger partial charge in [-0.1, -0.05) is 184 Å². The molecule has 0 saturated carbocycles. The van der Waals surface area contributed by atoms with Gasteiger partial charge in [-0.3, -0.25) is 0 Å². The largest absolute Gasteiger partial charge is 3.00 e. The molecule has 0 N–H and O–H groups in total. The molecule has 0 fully saturated rings. The molecule has 1 radical (unpaired) electrons. The van der Waals surface area contributed by atoms with Crippen molar-refractivity contribution in [2.75, 3.05) is 0 Å². The molecular weight excluding hydrogens is 724 g/mol. The topological polar surface area (TPSA) is 9.23 Å². The smallest absolute Gasteiger partial charge is 0.372 e. The van der Waals surface area contributed by atoms with Gasteiger partial charge < -0.3 is 27.0 Å². The summed E-state index contributed by atoms with van der Waals surface area (Å²) in [7, 11) is 0. The van der Waals surface area contributed by atoms with Crippen LogP contribution in [0.4, 0.5) is 0 Å². The van der Waals surface area contributed by atoms with E-state index >= 15 is 0 Å². The molecule has 0 aromatic heterocycles. The molecule has 0 aliphatic heterocycles. The van der Waals surface area contributed by atoms with E-state index in [0.29, 0.717) is 13.2 Å². The summed E-state index contributed by atoms with van der Waals surface area (Å²) in [5, 5.41) is 0. The number of allylic oxidation sites excluding steroid dienone is 8. The fraction of sp³-hybridized carbons (Fsp3) is 0.145. The van der Waals surface area contributed by atoms with Gasteiger partial charge in [0.2, 0.25) is 0 Å². The molecule has 0 spiro atoms. The fourth-order valence-corrected chi connectivity index (χ4v) is 8.98. The zero-order chi connectivity index (χ0) is 36.3. The Hall–Kier alpha value is -5.05. The van der Waals surface area contributed by atoms with Crippen LogP contribution in [0.5, 0.6) is 0 Å². The Morgan fingerprint density at radius 2 is 0.649 bits per heavy atom. The molecule has 2 aliphatic carbocycles. The minimum absolute atomic E-state index is 0. The van der Waals surface area contributed by atoms with Gasteiger partial charge in [0.15, 0.2) is 0 Å². The Morgan fingerprint density at radius 1 is 0.368 bits per heavy atom.